The number of aromatic nitrogens is 7. The van der Waals surface area contributed by atoms with E-state index in [0.29, 0.717) is 0 Å². The summed E-state index contributed by atoms with van der Waals surface area (Å²) in [5, 5.41) is 7.84. The summed E-state index contributed by atoms with van der Waals surface area (Å²) < 4.78 is 13.0. The lowest BCUT2D eigenvalue weighted by atomic mass is 9.82. The molecule has 6 heterocycles. The summed E-state index contributed by atoms with van der Waals surface area (Å²) in [6.07, 6.45) is 14.3. The number of rotatable bonds is 5. The average molecular weight is 1190 g/mol. The molecule has 0 atom stereocenters. The molecule has 0 radical (unpaired) electrons. The monoisotopic (exact) mass is 1190 g/mol. The van der Waals surface area contributed by atoms with Gasteiger partial charge in [-0.25, -0.2) is 18.3 Å². The van der Waals surface area contributed by atoms with Crippen LogP contribution in [0, 0.1) is 27.7 Å². The second-order valence-electron chi connectivity index (χ2n) is 24.4. The lowest BCUT2D eigenvalue weighted by Crippen LogP contribution is -2.38. The highest BCUT2D eigenvalue weighted by Gasteiger charge is 2.39. The van der Waals surface area contributed by atoms with Gasteiger partial charge in [0.15, 0.2) is 31.0 Å². The lowest BCUT2D eigenvalue weighted by Gasteiger charge is -2.20. The van der Waals surface area contributed by atoms with Crippen LogP contribution < -0.4 is 27.4 Å². The molecule has 0 unspecified atom stereocenters. The Morgan fingerprint density at radius 2 is 0.780 bits per heavy atom. The summed E-state index contributed by atoms with van der Waals surface area (Å²) in [5.41, 5.74) is 23.5. The van der Waals surface area contributed by atoms with Crippen molar-refractivity contribution in [1.29, 1.82) is 0 Å². The molecule has 91 heavy (non-hydrogen) atoms. The minimum Gasteiger partial charge on any atom is -0.233 e. The first-order valence-electron chi connectivity index (χ1n) is 31.3. The Bertz CT molecular complexity index is 4840. The van der Waals surface area contributed by atoms with Crippen LogP contribution >= 0.6 is 0 Å². The molecule has 0 fully saturated rings. The van der Waals surface area contributed by atoms with Crippen LogP contribution in [0.3, 0.4) is 0 Å². The molecule has 7 nitrogen and oxygen atoms in total. The van der Waals surface area contributed by atoms with Gasteiger partial charge < -0.3 is 0 Å². The van der Waals surface area contributed by atoms with Gasteiger partial charge in [0.1, 0.15) is 47.1 Å². The molecule has 1 aliphatic rings. The molecule has 0 saturated carbocycles. The molecule has 0 spiro atoms. The molecular weight excluding hydrogens is 1110 g/mol. The molecule has 448 valence electrons. The Morgan fingerprint density at radius 3 is 1.40 bits per heavy atom. The third kappa shape index (κ3) is 13.2. The fraction of sp³-hybridized carbons (Fsp3) is 0.155. The zero-order valence-electron chi connectivity index (χ0n) is 54.8. The third-order valence-corrected chi connectivity index (χ3v) is 17.9. The maximum absolute atomic E-state index is 4.06. The first kappa shape index (κ1) is 62.0. The number of pyridine rings is 5. The molecule has 6 aromatic heterocycles. The van der Waals surface area contributed by atoms with Gasteiger partial charge in [-0.3, -0.25) is 0 Å². The minimum atomic E-state index is 0.0439. The first-order valence-corrected chi connectivity index (χ1v) is 31.3. The van der Waals surface area contributed by atoms with Gasteiger partial charge in [-0.15, -0.1) is 0 Å². The number of hydrogen-bond donors (Lipinski definition) is 0. The van der Waals surface area contributed by atoms with E-state index in [-0.39, 0.29) is 5.41 Å². The minimum absolute atomic E-state index is 0.0439. The maximum Gasteiger partial charge on any atom is 0.286 e. The molecule has 1 aliphatic carbocycles. The van der Waals surface area contributed by atoms with Gasteiger partial charge in [0, 0.05) is 82.8 Å². The Morgan fingerprint density at radius 1 is 0.297 bits per heavy atom. The fourth-order valence-corrected chi connectivity index (χ4v) is 12.8. The molecule has 0 bridgehead atoms. The summed E-state index contributed by atoms with van der Waals surface area (Å²) in [6.45, 7) is 13.3. The quantitative estimate of drug-likeness (QED) is 0.158. The van der Waals surface area contributed by atoms with E-state index in [1.54, 1.807) is 0 Å². The predicted octanol–water partition coefficient (Wildman–Crippen LogP) is 16.1. The van der Waals surface area contributed by atoms with Crippen molar-refractivity contribution in [3.63, 3.8) is 0 Å². The van der Waals surface area contributed by atoms with Crippen molar-refractivity contribution < 1.29 is 27.4 Å². The molecule has 0 N–H and O–H groups in total. The van der Waals surface area contributed by atoms with Crippen LogP contribution in [0.1, 0.15) is 47.2 Å². The molecule has 7 heteroatoms. The first-order chi connectivity index (χ1) is 44.1. The smallest absolute Gasteiger partial charge is 0.233 e. The highest BCUT2D eigenvalue weighted by molar-refractivity contribution is 5.97. The number of benzene rings is 8. The van der Waals surface area contributed by atoms with Gasteiger partial charge >= 0.3 is 0 Å². The van der Waals surface area contributed by atoms with E-state index in [0.717, 1.165) is 0 Å². The van der Waals surface area contributed by atoms with Crippen LogP contribution in [-0.2, 0) is 47.7 Å². The van der Waals surface area contributed by atoms with E-state index in [2.05, 4.69) is 372 Å². The Hall–Kier alpha value is -10.6. The zero-order valence-corrected chi connectivity index (χ0v) is 54.8. The van der Waals surface area contributed by atoms with Gasteiger partial charge in [-0.05, 0) is 135 Å². The van der Waals surface area contributed by atoms with Crippen molar-refractivity contribution >= 4 is 32.3 Å². The van der Waals surface area contributed by atoms with E-state index in [1.807, 2.05) is 30.2 Å². The molecule has 0 amide bonds. The van der Waals surface area contributed by atoms with Gasteiger partial charge in [-0.1, -0.05) is 164 Å². The van der Waals surface area contributed by atoms with Crippen LogP contribution in [0.4, 0.5) is 0 Å². The summed E-state index contributed by atoms with van der Waals surface area (Å²) in [5.74, 6) is 0. The van der Waals surface area contributed by atoms with Crippen LogP contribution in [0.5, 0.6) is 0 Å². The van der Waals surface area contributed by atoms with Crippen LogP contribution in [-0.4, -0.2) is 4.98 Å². The molecule has 8 aromatic carbocycles. The number of hydrogen-bond acceptors (Lipinski definition) is 1. The van der Waals surface area contributed by atoms with Gasteiger partial charge in [-0.2, -0.15) is 9.13 Å². The Balaban J connectivity index is 0.000000118. The average Bonchev–Trinajstić information content (AvgIpc) is 1.60. The third-order valence-electron chi connectivity index (χ3n) is 17.9. The maximum atomic E-state index is 4.06. The van der Waals surface area contributed by atoms with Gasteiger partial charge in [0.05, 0.1) is 18.2 Å². The summed E-state index contributed by atoms with van der Waals surface area (Å²) in [7, 11) is 12.5. The summed E-state index contributed by atoms with van der Waals surface area (Å²) >= 11 is 0. The molecular formula is C84H83N7+6. The van der Waals surface area contributed by atoms with Crippen molar-refractivity contribution in [2.45, 2.75) is 47.0 Å². The number of fused-ring (bicyclic) bond motifs is 6. The summed E-state index contributed by atoms with van der Waals surface area (Å²) in [6, 6.07) is 85.8. The second kappa shape index (κ2) is 27.4. The largest absolute Gasteiger partial charge is 0.286 e. The highest BCUT2D eigenvalue weighted by atomic mass is 15.0. The zero-order chi connectivity index (χ0) is 63.8. The number of aryl methyl sites for hydroxylation is 10. The van der Waals surface area contributed by atoms with E-state index >= 15 is 0 Å². The molecule has 0 aliphatic heterocycles. The summed E-state index contributed by atoms with van der Waals surface area (Å²) in [4.78, 5) is 4.06. The van der Waals surface area contributed by atoms with Gasteiger partial charge in [0.2, 0.25) is 17.1 Å². The van der Waals surface area contributed by atoms with Crippen LogP contribution in [0.2, 0.25) is 0 Å². The van der Waals surface area contributed by atoms with Gasteiger partial charge in [0.25, 0.3) is 17.7 Å². The fourth-order valence-electron chi connectivity index (χ4n) is 12.8. The number of nitrogens with zero attached hydrogens (tertiary/aromatic N) is 7. The van der Waals surface area contributed by atoms with E-state index in [1.165, 1.54) is 133 Å². The molecule has 14 aromatic rings. The predicted molar refractivity (Wildman–Crippen MR) is 373 cm³/mol. The molecule has 0 saturated heterocycles. The Labute approximate surface area is 538 Å². The second-order valence-corrected chi connectivity index (χ2v) is 24.4. The topological polar surface area (TPSA) is 36.2 Å². The van der Waals surface area contributed by atoms with Crippen molar-refractivity contribution in [1.82, 2.24) is 4.98 Å². The van der Waals surface area contributed by atoms with E-state index < -0.39 is 0 Å². The van der Waals surface area contributed by atoms with Crippen LogP contribution in [0.15, 0.2) is 286 Å². The highest BCUT2D eigenvalue weighted by Crippen LogP contribution is 2.48. The van der Waals surface area contributed by atoms with Crippen molar-refractivity contribution in [3.05, 3.63) is 320 Å². The van der Waals surface area contributed by atoms with E-state index in [4.69, 9.17) is 0 Å². The Kier molecular flexibility index (Phi) is 18.7. The lowest BCUT2D eigenvalue weighted by molar-refractivity contribution is -0.690. The standard InChI is InChI=1S/C21H22N2.3C17H16N.C12H13N2/c1-21(2)17-10-6-5-9-15(17)16-14-23(4)20(13-18(16)21)19-11-7-8-12-22(19)3;1-13-15-8-4-3-7-14(15)10-11-16(13)17-9-5-6-12-18(17)2;1-13-10-11-14-7-3-4-8-15(14)17(13)16-9-5-6-12-18(16)2;1-13-11-14-7-3-4-8-15(14)12-16(13)17-9-5-6-10-18(17)2;1-10-5-3-4-6-11(10)12-7-8-13-9-14(12)2/h5-14H,1-4H3;3*3-12H,1-2H3;3-9H,1-2H3/q+2;4*+1. The van der Waals surface area contributed by atoms with Crippen LogP contribution in [0.25, 0.3) is 99.9 Å². The van der Waals surface area contributed by atoms with E-state index in [9.17, 15) is 0 Å². The normalized spacial score (nSPS) is 11.6. The molecule has 15 rings (SSSR count). The van der Waals surface area contributed by atoms with Crippen molar-refractivity contribution in [2.24, 2.45) is 42.3 Å². The SMILES string of the molecule is C[n+]1ccccc1-c1cc2c(c[n+]1C)-c1ccccc1C2(C)C.Cc1c(-c2cccc[n+]2C)ccc2ccccc12.Cc1cc2ccccc2cc1-c1cccc[n+]1C.Cc1ccc2ccccc2c1-c1cccc[n+]1C.Cc1ccccc1-c1ccnc[n+]1C. The van der Waals surface area contributed by atoms with Crippen molar-refractivity contribution in [2.75, 3.05) is 0 Å². The van der Waals surface area contributed by atoms with Crippen molar-refractivity contribution in [3.8, 4) is 67.5 Å².